The first-order valence-electron chi connectivity index (χ1n) is 9.74. The lowest BCUT2D eigenvalue weighted by Crippen LogP contribution is -2.07. The zero-order valence-corrected chi connectivity index (χ0v) is 17.6. The maximum Gasteiger partial charge on any atom is 0.0631 e. The molecule has 0 fully saturated rings. The molecule has 140 valence electrons. The zero-order chi connectivity index (χ0) is 18.9. The summed E-state index contributed by atoms with van der Waals surface area (Å²) < 4.78 is 4.37. The van der Waals surface area contributed by atoms with Crippen LogP contribution in [0.4, 0.5) is 0 Å². The number of aryl methyl sites for hydroxylation is 3. The lowest BCUT2D eigenvalue weighted by atomic mass is 9.94. The molecular formula is C21H36N4. The molecule has 0 radical (unpaired) electrons. The summed E-state index contributed by atoms with van der Waals surface area (Å²) in [5.74, 6) is 1.08. The van der Waals surface area contributed by atoms with Crippen molar-refractivity contribution in [2.45, 2.75) is 99.6 Å². The van der Waals surface area contributed by atoms with Crippen LogP contribution in [-0.4, -0.2) is 19.6 Å². The van der Waals surface area contributed by atoms with E-state index >= 15 is 0 Å². The normalized spacial score (nSPS) is 13.2. The van der Waals surface area contributed by atoms with Crippen LogP contribution in [0.15, 0.2) is 0 Å². The van der Waals surface area contributed by atoms with Crippen LogP contribution >= 0.6 is 0 Å². The molecule has 2 heterocycles. The van der Waals surface area contributed by atoms with Gasteiger partial charge in [0.1, 0.15) is 0 Å². The molecule has 0 saturated carbocycles. The van der Waals surface area contributed by atoms with Crippen molar-refractivity contribution in [2.75, 3.05) is 0 Å². The van der Waals surface area contributed by atoms with E-state index in [2.05, 4.69) is 71.7 Å². The van der Waals surface area contributed by atoms with Gasteiger partial charge in [0.15, 0.2) is 0 Å². The first-order valence-corrected chi connectivity index (χ1v) is 9.74. The molecule has 1 unspecified atom stereocenters. The van der Waals surface area contributed by atoms with Crippen molar-refractivity contribution in [3.8, 4) is 0 Å². The van der Waals surface area contributed by atoms with Gasteiger partial charge in [0, 0.05) is 24.0 Å². The van der Waals surface area contributed by atoms with E-state index in [0.717, 1.165) is 13.0 Å². The summed E-state index contributed by atoms with van der Waals surface area (Å²) in [7, 11) is 0. The number of aromatic nitrogens is 4. The minimum atomic E-state index is 0.420. The number of hydrogen-bond acceptors (Lipinski definition) is 2. The quantitative estimate of drug-likeness (QED) is 0.655. The summed E-state index contributed by atoms with van der Waals surface area (Å²) in [6.45, 7) is 20.9. The van der Waals surface area contributed by atoms with E-state index in [4.69, 9.17) is 10.2 Å². The highest BCUT2D eigenvalue weighted by Crippen LogP contribution is 2.29. The van der Waals surface area contributed by atoms with Crippen molar-refractivity contribution in [3.05, 3.63) is 33.9 Å². The summed E-state index contributed by atoms with van der Waals surface area (Å²) >= 11 is 0. The molecule has 4 heteroatoms. The van der Waals surface area contributed by atoms with Crippen LogP contribution in [0.1, 0.15) is 99.2 Å². The first-order chi connectivity index (χ1) is 11.6. The van der Waals surface area contributed by atoms with Gasteiger partial charge in [-0.15, -0.1) is 0 Å². The van der Waals surface area contributed by atoms with Crippen molar-refractivity contribution in [3.63, 3.8) is 0 Å². The lowest BCUT2D eigenvalue weighted by Gasteiger charge is -2.14. The minimum Gasteiger partial charge on any atom is -0.269 e. The molecule has 2 aromatic rings. The molecule has 0 aliphatic heterocycles. The van der Waals surface area contributed by atoms with E-state index in [1.165, 1.54) is 40.3 Å². The van der Waals surface area contributed by atoms with E-state index in [1.807, 2.05) is 0 Å². The predicted molar refractivity (Wildman–Crippen MR) is 106 cm³/mol. The average Bonchev–Trinajstić information content (AvgIpc) is 2.95. The molecule has 2 aromatic heterocycles. The van der Waals surface area contributed by atoms with Gasteiger partial charge < -0.3 is 0 Å². The second-order valence-electron chi connectivity index (χ2n) is 8.13. The molecule has 4 nitrogen and oxygen atoms in total. The van der Waals surface area contributed by atoms with Gasteiger partial charge in [-0.2, -0.15) is 10.2 Å². The topological polar surface area (TPSA) is 35.6 Å². The second-order valence-corrected chi connectivity index (χ2v) is 8.13. The fourth-order valence-electron chi connectivity index (χ4n) is 4.35. The standard InChI is InChI=1S/C21H36N4/c1-13(2)20-16(6)22-24(18(20)8)12-10-11-15(5)21-17(7)23-25(14(3)4)19(21)9/h13-15H,10-12H2,1-9H3. The van der Waals surface area contributed by atoms with E-state index in [1.54, 1.807) is 0 Å². The number of hydrogen-bond donors (Lipinski definition) is 0. The summed E-state index contributed by atoms with van der Waals surface area (Å²) in [4.78, 5) is 0. The molecule has 2 rings (SSSR count). The summed E-state index contributed by atoms with van der Waals surface area (Å²) in [6, 6.07) is 0.420. The summed E-state index contributed by atoms with van der Waals surface area (Å²) in [6.07, 6.45) is 2.31. The Hall–Kier alpha value is -1.58. The fourth-order valence-corrected chi connectivity index (χ4v) is 4.35. The Morgan fingerprint density at radius 3 is 1.88 bits per heavy atom. The number of nitrogens with zero attached hydrogens (tertiary/aromatic N) is 4. The minimum absolute atomic E-state index is 0.420. The van der Waals surface area contributed by atoms with Gasteiger partial charge in [-0.25, -0.2) is 0 Å². The molecular weight excluding hydrogens is 308 g/mol. The van der Waals surface area contributed by atoms with Gasteiger partial charge in [-0.3, -0.25) is 9.36 Å². The third kappa shape index (κ3) is 3.99. The van der Waals surface area contributed by atoms with Gasteiger partial charge in [-0.05, 0) is 77.3 Å². The molecule has 25 heavy (non-hydrogen) atoms. The van der Waals surface area contributed by atoms with Gasteiger partial charge in [-0.1, -0.05) is 20.8 Å². The highest BCUT2D eigenvalue weighted by molar-refractivity contribution is 5.29. The Morgan fingerprint density at radius 2 is 1.40 bits per heavy atom. The van der Waals surface area contributed by atoms with Crippen LogP contribution in [0.25, 0.3) is 0 Å². The molecule has 0 amide bonds. The van der Waals surface area contributed by atoms with Crippen LogP contribution in [0.3, 0.4) is 0 Å². The maximum absolute atomic E-state index is 4.76. The molecule has 0 N–H and O–H groups in total. The van der Waals surface area contributed by atoms with Crippen molar-refractivity contribution in [1.29, 1.82) is 0 Å². The van der Waals surface area contributed by atoms with Crippen LogP contribution in [0, 0.1) is 27.7 Å². The van der Waals surface area contributed by atoms with Crippen molar-refractivity contribution in [1.82, 2.24) is 19.6 Å². The Balaban J connectivity index is 2.05. The molecule has 0 saturated heterocycles. The highest BCUT2D eigenvalue weighted by Gasteiger charge is 2.19. The van der Waals surface area contributed by atoms with Crippen molar-refractivity contribution < 1.29 is 0 Å². The molecule has 0 aliphatic rings. The van der Waals surface area contributed by atoms with Crippen LogP contribution in [0.5, 0.6) is 0 Å². The summed E-state index contributed by atoms with van der Waals surface area (Å²) in [5, 5.41) is 9.51. The Kier molecular flexibility index (Phi) is 6.12. The zero-order valence-electron chi connectivity index (χ0n) is 17.6. The summed E-state index contributed by atoms with van der Waals surface area (Å²) in [5.41, 5.74) is 7.88. The van der Waals surface area contributed by atoms with Crippen LogP contribution in [0.2, 0.25) is 0 Å². The largest absolute Gasteiger partial charge is 0.269 e. The second kappa shape index (κ2) is 7.76. The van der Waals surface area contributed by atoms with Gasteiger partial charge >= 0.3 is 0 Å². The van der Waals surface area contributed by atoms with Crippen molar-refractivity contribution in [2.24, 2.45) is 0 Å². The Labute approximate surface area is 153 Å². The molecule has 0 aromatic carbocycles. The van der Waals surface area contributed by atoms with Crippen molar-refractivity contribution >= 4 is 0 Å². The molecule has 1 atom stereocenters. The Morgan fingerprint density at radius 1 is 0.800 bits per heavy atom. The lowest BCUT2D eigenvalue weighted by molar-refractivity contribution is 0.506. The highest BCUT2D eigenvalue weighted by atomic mass is 15.3. The van der Waals surface area contributed by atoms with E-state index in [0.29, 0.717) is 17.9 Å². The Bertz CT molecular complexity index is 719. The SMILES string of the molecule is Cc1nn(CCCC(C)c2c(C)nn(C(C)C)c2C)c(C)c1C(C)C. The van der Waals surface area contributed by atoms with E-state index in [9.17, 15) is 0 Å². The number of rotatable bonds is 7. The first kappa shape index (κ1) is 19.7. The van der Waals surface area contributed by atoms with E-state index < -0.39 is 0 Å². The average molecular weight is 345 g/mol. The van der Waals surface area contributed by atoms with Gasteiger partial charge in [0.25, 0.3) is 0 Å². The molecule has 0 spiro atoms. The molecule has 0 bridgehead atoms. The van der Waals surface area contributed by atoms with Gasteiger partial charge in [0.05, 0.1) is 11.4 Å². The smallest absolute Gasteiger partial charge is 0.0631 e. The van der Waals surface area contributed by atoms with E-state index in [-0.39, 0.29) is 0 Å². The third-order valence-electron chi connectivity index (χ3n) is 5.38. The monoisotopic (exact) mass is 344 g/mol. The third-order valence-corrected chi connectivity index (χ3v) is 5.38. The van der Waals surface area contributed by atoms with Crippen LogP contribution in [-0.2, 0) is 6.54 Å². The predicted octanol–water partition coefficient (Wildman–Crippen LogP) is 5.60. The maximum atomic E-state index is 4.76. The van der Waals surface area contributed by atoms with Crippen LogP contribution < -0.4 is 0 Å². The fraction of sp³-hybridized carbons (Fsp3) is 0.714. The van der Waals surface area contributed by atoms with Gasteiger partial charge in [0.2, 0.25) is 0 Å². The molecule has 0 aliphatic carbocycles.